The molecule has 80 valence electrons. The van der Waals surface area contributed by atoms with Crippen molar-refractivity contribution in [2.24, 2.45) is 0 Å². The van der Waals surface area contributed by atoms with Crippen molar-refractivity contribution in [3.8, 4) is 11.1 Å². The van der Waals surface area contributed by atoms with Crippen LogP contribution in [0.5, 0.6) is 0 Å². The first-order valence-corrected chi connectivity index (χ1v) is 5.84. The van der Waals surface area contributed by atoms with Crippen LogP contribution < -0.4 is 0 Å². The molecule has 0 spiro atoms. The van der Waals surface area contributed by atoms with Crippen molar-refractivity contribution < 1.29 is 9.90 Å². The summed E-state index contributed by atoms with van der Waals surface area (Å²) < 4.78 is 1.13. The van der Waals surface area contributed by atoms with Crippen LogP contribution in [0.15, 0.2) is 48.5 Å². The Bertz CT molecular complexity index is 518. The highest BCUT2D eigenvalue weighted by Crippen LogP contribution is 2.24. The maximum atomic E-state index is 11.1. The molecule has 0 unspecified atom stereocenters. The molecule has 16 heavy (non-hydrogen) atoms. The fourth-order valence-corrected chi connectivity index (χ4v) is 1.91. The number of carbonyl (C=O) groups is 1. The van der Waals surface area contributed by atoms with E-state index in [9.17, 15) is 4.79 Å². The number of hydrogen-bond donors (Lipinski definition) is 1. The molecule has 0 atom stereocenters. The summed E-state index contributed by atoms with van der Waals surface area (Å²) in [5.74, 6) is -0.894. The maximum Gasteiger partial charge on any atom is 0.336 e. The molecular formula is C13H9IO2. The van der Waals surface area contributed by atoms with E-state index in [0.29, 0.717) is 5.56 Å². The summed E-state index contributed by atoms with van der Waals surface area (Å²) >= 11 is 2.22. The van der Waals surface area contributed by atoms with Gasteiger partial charge in [0, 0.05) is 3.57 Å². The summed E-state index contributed by atoms with van der Waals surface area (Å²) in [5.41, 5.74) is 2.02. The second-order valence-corrected chi connectivity index (χ2v) is 4.60. The van der Waals surface area contributed by atoms with Gasteiger partial charge in [-0.25, -0.2) is 4.79 Å². The van der Waals surface area contributed by atoms with Crippen LogP contribution >= 0.6 is 22.6 Å². The zero-order valence-corrected chi connectivity index (χ0v) is 10.5. The van der Waals surface area contributed by atoms with E-state index in [1.807, 2.05) is 36.4 Å². The molecule has 2 nitrogen and oxygen atoms in total. The van der Waals surface area contributed by atoms with Crippen molar-refractivity contribution in [2.45, 2.75) is 0 Å². The Balaban J connectivity index is 2.55. The minimum absolute atomic E-state index is 0.337. The van der Waals surface area contributed by atoms with Crippen molar-refractivity contribution in [1.82, 2.24) is 0 Å². The van der Waals surface area contributed by atoms with Gasteiger partial charge in [-0.3, -0.25) is 0 Å². The molecule has 0 heterocycles. The lowest BCUT2D eigenvalue weighted by Crippen LogP contribution is -1.98. The van der Waals surface area contributed by atoms with E-state index in [4.69, 9.17) is 5.11 Å². The van der Waals surface area contributed by atoms with Crippen LogP contribution in [-0.2, 0) is 0 Å². The molecule has 0 aliphatic heterocycles. The van der Waals surface area contributed by atoms with Crippen LogP contribution in [0.2, 0.25) is 0 Å². The molecule has 2 rings (SSSR count). The van der Waals surface area contributed by atoms with Gasteiger partial charge in [-0.15, -0.1) is 0 Å². The Hall–Kier alpha value is -1.36. The van der Waals surface area contributed by atoms with E-state index in [1.165, 1.54) is 0 Å². The Kier molecular flexibility index (Phi) is 3.24. The average molecular weight is 324 g/mol. The molecule has 0 aliphatic carbocycles. The van der Waals surface area contributed by atoms with Crippen LogP contribution in [0.1, 0.15) is 10.4 Å². The van der Waals surface area contributed by atoms with Crippen molar-refractivity contribution >= 4 is 28.6 Å². The Morgan fingerprint density at radius 2 is 1.62 bits per heavy atom. The van der Waals surface area contributed by atoms with Crippen molar-refractivity contribution in [2.75, 3.05) is 0 Å². The zero-order chi connectivity index (χ0) is 11.5. The Labute approximate surface area is 107 Å². The summed E-state index contributed by atoms with van der Waals surface area (Å²) in [6.07, 6.45) is 0. The summed E-state index contributed by atoms with van der Waals surface area (Å²) in [6.45, 7) is 0. The third-order valence-corrected chi connectivity index (χ3v) is 3.03. The fourth-order valence-electron chi connectivity index (χ4n) is 1.55. The lowest BCUT2D eigenvalue weighted by Gasteiger charge is -2.05. The lowest BCUT2D eigenvalue weighted by atomic mass is 10.00. The number of rotatable bonds is 2. The molecule has 1 N–H and O–H groups in total. The molecule has 0 saturated carbocycles. The van der Waals surface area contributed by atoms with E-state index in [-0.39, 0.29) is 0 Å². The smallest absolute Gasteiger partial charge is 0.336 e. The quantitative estimate of drug-likeness (QED) is 0.856. The van der Waals surface area contributed by atoms with Gasteiger partial charge in [0.05, 0.1) is 5.56 Å². The molecule has 2 aromatic rings. The van der Waals surface area contributed by atoms with E-state index < -0.39 is 5.97 Å². The summed E-state index contributed by atoms with van der Waals surface area (Å²) in [6, 6.07) is 14.8. The average Bonchev–Trinajstić information content (AvgIpc) is 2.30. The summed E-state index contributed by atoms with van der Waals surface area (Å²) in [4.78, 5) is 11.1. The van der Waals surface area contributed by atoms with E-state index in [0.717, 1.165) is 14.7 Å². The first-order valence-electron chi connectivity index (χ1n) is 4.77. The molecule has 2 aromatic carbocycles. The number of aromatic carboxylic acids is 1. The van der Waals surface area contributed by atoms with Crippen molar-refractivity contribution in [1.29, 1.82) is 0 Å². The lowest BCUT2D eigenvalue weighted by molar-refractivity contribution is 0.0698. The van der Waals surface area contributed by atoms with Gasteiger partial charge < -0.3 is 5.11 Å². The van der Waals surface area contributed by atoms with Gasteiger partial charge >= 0.3 is 5.97 Å². The summed E-state index contributed by atoms with van der Waals surface area (Å²) in [5, 5.41) is 9.08. The number of carboxylic acid groups (broad SMARTS) is 1. The van der Waals surface area contributed by atoms with Gasteiger partial charge in [-0.05, 0) is 51.9 Å². The van der Waals surface area contributed by atoms with Crippen LogP contribution in [0, 0.1) is 3.57 Å². The topological polar surface area (TPSA) is 37.3 Å². The molecule has 0 aliphatic rings. The molecule has 3 heteroatoms. The first-order chi connectivity index (χ1) is 7.68. The number of benzene rings is 2. The van der Waals surface area contributed by atoms with E-state index in [2.05, 4.69) is 22.6 Å². The van der Waals surface area contributed by atoms with Crippen LogP contribution in [-0.4, -0.2) is 11.1 Å². The first kappa shape index (κ1) is 11.1. The van der Waals surface area contributed by atoms with Gasteiger partial charge in [0.15, 0.2) is 0 Å². The molecule has 0 bridgehead atoms. The molecule has 0 saturated heterocycles. The highest BCUT2D eigenvalue weighted by Gasteiger charge is 2.09. The van der Waals surface area contributed by atoms with Gasteiger partial charge in [0.2, 0.25) is 0 Å². The van der Waals surface area contributed by atoms with Crippen LogP contribution in [0.3, 0.4) is 0 Å². The van der Waals surface area contributed by atoms with Gasteiger partial charge in [-0.1, -0.05) is 30.3 Å². The number of carboxylic acids is 1. The third kappa shape index (κ3) is 2.24. The van der Waals surface area contributed by atoms with Crippen LogP contribution in [0.4, 0.5) is 0 Å². The zero-order valence-electron chi connectivity index (χ0n) is 8.35. The van der Waals surface area contributed by atoms with Crippen LogP contribution in [0.25, 0.3) is 11.1 Å². The predicted octanol–water partition coefficient (Wildman–Crippen LogP) is 3.66. The molecule has 0 radical (unpaired) electrons. The van der Waals surface area contributed by atoms with Gasteiger partial charge in [-0.2, -0.15) is 0 Å². The fraction of sp³-hybridized carbons (Fsp3) is 0. The number of halogens is 1. The van der Waals surface area contributed by atoms with Gasteiger partial charge in [0.1, 0.15) is 0 Å². The minimum atomic E-state index is -0.894. The summed E-state index contributed by atoms with van der Waals surface area (Å²) in [7, 11) is 0. The third-order valence-electron chi connectivity index (χ3n) is 2.31. The van der Waals surface area contributed by atoms with Crippen molar-refractivity contribution in [3.05, 3.63) is 57.7 Å². The van der Waals surface area contributed by atoms with E-state index >= 15 is 0 Å². The molecule has 0 aromatic heterocycles. The monoisotopic (exact) mass is 324 g/mol. The second-order valence-electron chi connectivity index (χ2n) is 3.36. The van der Waals surface area contributed by atoms with Gasteiger partial charge in [0.25, 0.3) is 0 Å². The minimum Gasteiger partial charge on any atom is -0.478 e. The predicted molar refractivity (Wildman–Crippen MR) is 71.6 cm³/mol. The molecule has 0 amide bonds. The largest absolute Gasteiger partial charge is 0.478 e. The Morgan fingerprint density at radius 1 is 1.00 bits per heavy atom. The Morgan fingerprint density at radius 3 is 2.25 bits per heavy atom. The number of hydrogen-bond acceptors (Lipinski definition) is 1. The molecule has 0 fully saturated rings. The maximum absolute atomic E-state index is 11.1. The normalized spacial score (nSPS) is 10.1. The SMILES string of the molecule is O=C(O)c1ccccc1-c1ccc(I)cc1. The van der Waals surface area contributed by atoms with E-state index in [1.54, 1.807) is 12.1 Å². The second kappa shape index (κ2) is 4.65. The standard InChI is InChI=1S/C13H9IO2/c14-10-7-5-9(6-8-10)11-3-1-2-4-12(11)13(15)16/h1-8H,(H,15,16). The van der Waals surface area contributed by atoms with Crippen molar-refractivity contribution in [3.63, 3.8) is 0 Å². The highest BCUT2D eigenvalue weighted by atomic mass is 127. The molecular weight excluding hydrogens is 315 g/mol. The highest BCUT2D eigenvalue weighted by molar-refractivity contribution is 14.1.